The molecule has 0 aromatic heterocycles. The Morgan fingerprint density at radius 1 is 1.06 bits per heavy atom. The van der Waals surface area contributed by atoms with Crippen molar-refractivity contribution in [3.8, 4) is 0 Å². The van der Waals surface area contributed by atoms with E-state index in [-0.39, 0.29) is 0 Å². The zero-order chi connectivity index (χ0) is 11.6. The summed E-state index contributed by atoms with van der Waals surface area (Å²) in [6.45, 7) is 7.33. The van der Waals surface area contributed by atoms with E-state index in [1.54, 1.807) is 0 Å². The lowest BCUT2D eigenvalue weighted by molar-refractivity contribution is 0.0460. The van der Waals surface area contributed by atoms with Crippen LogP contribution in [0.25, 0.3) is 0 Å². The number of nitrogens with zero attached hydrogens (tertiary/aromatic N) is 1. The highest BCUT2D eigenvalue weighted by atomic mass is 15.2. The number of nitrogens with one attached hydrogen (secondary N) is 1. The molecule has 1 saturated carbocycles. The summed E-state index contributed by atoms with van der Waals surface area (Å²) in [7, 11) is 2.12. The van der Waals surface area contributed by atoms with Crippen LogP contribution in [-0.2, 0) is 0 Å². The van der Waals surface area contributed by atoms with E-state index in [0.717, 1.165) is 17.5 Å². The first-order chi connectivity index (χ1) is 7.65. The van der Waals surface area contributed by atoms with Gasteiger partial charge in [0.1, 0.15) is 0 Å². The van der Waals surface area contributed by atoms with Crippen molar-refractivity contribution in [2.24, 2.45) is 5.41 Å². The fraction of sp³-hybridized carbons (Fsp3) is 1.00. The first-order valence-electron chi connectivity index (χ1n) is 7.06. The van der Waals surface area contributed by atoms with E-state index in [2.05, 4.69) is 31.1 Å². The Labute approximate surface area is 101 Å². The molecule has 2 aliphatic rings. The third-order valence-corrected chi connectivity index (χ3v) is 5.04. The van der Waals surface area contributed by atoms with Gasteiger partial charge in [-0.25, -0.2) is 0 Å². The number of likely N-dealkylation sites (tertiary alicyclic amines) is 1. The molecule has 1 saturated heterocycles. The van der Waals surface area contributed by atoms with E-state index in [4.69, 9.17) is 0 Å². The molecule has 1 aliphatic carbocycles. The molecule has 2 heteroatoms. The summed E-state index contributed by atoms with van der Waals surface area (Å²) in [5.41, 5.74) is 0.721. The fourth-order valence-electron chi connectivity index (χ4n) is 3.53. The van der Waals surface area contributed by atoms with E-state index in [1.165, 1.54) is 51.6 Å². The van der Waals surface area contributed by atoms with Gasteiger partial charge < -0.3 is 10.2 Å². The molecule has 0 radical (unpaired) electrons. The zero-order valence-corrected chi connectivity index (χ0v) is 11.3. The average Bonchev–Trinajstić information content (AvgIpc) is 2.31. The zero-order valence-electron chi connectivity index (χ0n) is 11.3. The Kier molecular flexibility index (Phi) is 3.91. The summed E-state index contributed by atoms with van der Waals surface area (Å²) in [6, 6.07) is 1.54. The van der Waals surface area contributed by atoms with Gasteiger partial charge in [0.15, 0.2) is 0 Å². The van der Waals surface area contributed by atoms with E-state index < -0.39 is 0 Å². The second kappa shape index (κ2) is 5.05. The van der Waals surface area contributed by atoms with E-state index in [1.807, 2.05) is 0 Å². The molecular weight excluding hydrogens is 196 g/mol. The van der Waals surface area contributed by atoms with Crippen molar-refractivity contribution in [1.29, 1.82) is 0 Å². The molecule has 0 amide bonds. The highest BCUT2D eigenvalue weighted by Gasteiger charge is 2.37. The van der Waals surface area contributed by atoms with Crippen molar-refractivity contribution in [3.63, 3.8) is 0 Å². The third kappa shape index (κ3) is 2.60. The van der Waals surface area contributed by atoms with Crippen molar-refractivity contribution in [3.05, 3.63) is 0 Å². The number of hydrogen-bond donors (Lipinski definition) is 1. The number of rotatable bonds is 2. The quantitative estimate of drug-likeness (QED) is 0.776. The van der Waals surface area contributed by atoms with Crippen molar-refractivity contribution >= 4 is 0 Å². The molecule has 2 fully saturated rings. The maximum atomic E-state index is 3.44. The Hall–Kier alpha value is -0.0800. The first-order valence-corrected chi connectivity index (χ1v) is 7.06. The molecule has 0 atom stereocenters. The standard InChI is InChI=1S/C14H28N2/c1-12(2)16-10-8-14(9-11-16)6-4-13(15-3)5-7-14/h12-13,15H,4-11H2,1-3H3. The van der Waals surface area contributed by atoms with Crippen LogP contribution in [0.1, 0.15) is 52.4 Å². The third-order valence-electron chi connectivity index (χ3n) is 5.04. The second-order valence-electron chi connectivity index (χ2n) is 6.19. The molecule has 94 valence electrons. The average molecular weight is 224 g/mol. The molecule has 1 spiro atoms. The molecule has 1 heterocycles. The Morgan fingerprint density at radius 3 is 2.06 bits per heavy atom. The lowest BCUT2D eigenvalue weighted by atomic mass is 9.67. The summed E-state index contributed by atoms with van der Waals surface area (Å²) in [5.74, 6) is 0. The van der Waals surface area contributed by atoms with Crippen LogP contribution in [0.2, 0.25) is 0 Å². The number of hydrogen-bond acceptors (Lipinski definition) is 2. The molecule has 2 nitrogen and oxygen atoms in total. The van der Waals surface area contributed by atoms with Crippen molar-refractivity contribution < 1.29 is 0 Å². The monoisotopic (exact) mass is 224 g/mol. The van der Waals surface area contributed by atoms with Crippen LogP contribution in [-0.4, -0.2) is 37.1 Å². The van der Waals surface area contributed by atoms with Gasteiger partial charge in [0.25, 0.3) is 0 Å². The molecule has 2 rings (SSSR count). The summed E-state index contributed by atoms with van der Waals surface area (Å²) < 4.78 is 0. The first kappa shape index (κ1) is 12.4. The summed E-state index contributed by atoms with van der Waals surface area (Å²) in [4.78, 5) is 2.65. The van der Waals surface area contributed by atoms with Gasteiger partial charge in [-0.05, 0) is 77.9 Å². The minimum atomic E-state index is 0.721. The van der Waals surface area contributed by atoms with Crippen LogP contribution in [0.15, 0.2) is 0 Å². The van der Waals surface area contributed by atoms with Crippen molar-refractivity contribution in [2.75, 3.05) is 20.1 Å². The SMILES string of the molecule is CNC1CCC2(CC1)CCN(C(C)C)CC2. The van der Waals surface area contributed by atoms with E-state index in [9.17, 15) is 0 Å². The molecule has 1 aliphatic heterocycles. The highest BCUT2D eigenvalue weighted by molar-refractivity contribution is 4.92. The van der Waals surface area contributed by atoms with Crippen LogP contribution < -0.4 is 5.32 Å². The largest absolute Gasteiger partial charge is 0.317 e. The normalized spacial score (nSPS) is 27.8. The van der Waals surface area contributed by atoms with Crippen LogP contribution in [0.4, 0.5) is 0 Å². The molecule has 1 N–H and O–H groups in total. The maximum Gasteiger partial charge on any atom is 0.00644 e. The smallest absolute Gasteiger partial charge is 0.00644 e. The molecule has 0 aromatic rings. The van der Waals surface area contributed by atoms with Crippen LogP contribution >= 0.6 is 0 Å². The highest BCUT2D eigenvalue weighted by Crippen LogP contribution is 2.44. The predicted molar refractivity (Wildman–Crippen MR) is 69.7 cm³/mol. The minimum Gasteiger partial charge on any atom is -0.317 e. The van der Waals surface area contributed by atoms with Crippen molar-refractivity contribution in [1.82, 2.24) is 10.2 Å². The van der Waals surface area contributed by atoms with Crippen molar-refractivity contribution in [2.45, 2.75) is 64.5 Å². The fourth-order valence-corrected chi connectivity index (χ4v) is 3.53. The predicted octanol–water partition coefficient (Wildman–Crippen LogP) is 2.64. The maximum absolute atomic E-state index is 3.44. The van der Waals surface area contributed by atoms with Gasteiger partial charge in [-0.2, -0.15) is 0 Å². The van der Waals surface area contributed by atoms with Gasteiger partial charge in [-0.3, -0.25) is 0 Å². The Bertz CT molecular complexity index is 207. The van der Waals surface area contributed by atoms with E-state index in [0.29, 0.717) is 0 Å². The van der Waals surface area contributed by atoms with Gasteiger partial charge in [0.2, 0.25) is 0 Å². The molecule has 0 aromatic carbocycles. The lowest BCUT2D eigenvalue weighted by Gasteiger charge is -2.47. The second-order valence-corrected chi connectivity index (χ2v) is 6.19. The van der Waals surface area contributed by atoms with Gasteiger partial charge in [-0.15, -0.1) is 0 Å². The summed E-state index contributed by atoms with van der Waals surface area (Å²) in [5, 5.41) is 3.44. The molecule has 0 bridgehead atoms. The summed E-state index contributed by atoms with van der Waals surface area (Å²) in [6.07, 6.45) is 8.62. The topological polar surface area (TPSA) is 15.3 Å². The van der Waals surface area contributed by atoms with Crippen LogP contribution in [0.3, 0.4) is 0 Å². The van der Waals surface area contributed by atoms with Crippen LogP contribution in [0.5, 0.6) is 0 Å². The number of piperidine rings is 1. The lowest BCUT2D eigenvalue weighted by Crippen LogP contribution is -2.46. The van der Waals surface area contributed by atoms with Gasteiger partial charge in [0, 0.05) is 12.1 Å². The van der Waals surface area contributed by atoms with Gasteiger partial charge >= 0.3 is 0 Å². The Morgan fingerprint density at radius 2 is 1.62 bits per heavy atom. The van der Waals surface area contributed by atoms with Gasteiger partial charge in [0.05, 0.1) is 0 Å². The Balaban J connectivity index is 1.84. The molecular formula is C14H28N2. The minimum absolute atomic E-state index is 0.721. The molecule has 16 heavy (non-hydrogen) atoms. The molecule has 0 unspecified atom stereocenters. The van der Waals surface area contributed by atoms with Gasteiger partial charge in [-0.1, -0.05) is 0 Å². The van der Waals surface area contributed by atoms with E-state index >= 15 is 0 Å². The van der Waals surface area contributed by atoms with Crippen LogP contribution in [0, 0.1) is 5.41 Å². The summed E-state index contributed by atoms with van der Waals surface area (Å²) >= 11 is 0.